The van der Waals surface area contributed by atoms with E-state index in [2.05, 4.69) is 9.00 Å². The minimum atomic E-state index is -4.38. The van der Waals surface area contributed by atoms with Crippen molar-refractivity contribution in [3.8, 4) is 11.5 Å². The van der Waals surface area contributed by atoms with E-state index in [-0.39, 0.29) is 17.3 Å². The number of benzene rings is 1. The molecular weight excluding hydrogens is 257 g/mol. The van der Waals surface area contributed by atoms with Gasteiger partial charge in [0.05, 0.1) is 6.42 Å². The molecule has 1 heterocycles. The summed E-state index contributed by atoms with van der Waals surface area (Å²) in [5, 5.41) is 0. The number of ketones is 1. The largest absolute Gasteiger partial charge is 0.994 e. The molecule has 1 aliphatic rings. The van der Waals surface area contributed by atoms with Gasteiger partial charge < -0.3 is 22.4 Å². The normalized spacial score (nSPS) is 16.2. The number of esters is 1. The molecule has 1 aliphatic heterocycles. The Kier molecular flexibility index (Phi) is 3.30. The fraction of sp³-hybridized carbons (Fsp3) is 0.333. The van der Waals surface area contributed by atoms with Crippen LogP contribution in [-0.2, 0) is 4.79 Å². The SMILES string of the molecule is CCC1=[O+][B-](F)(F)Oc2c1ccc(OC(C)=O)c2C. The average molecular weight is 270 g/mol. The van der Waals surface area contributed by atoms with E-state index < -0.39 is 13.1 Å². The summed E-state index contributed by atoms with van der Waals surface area (Å²) >= 11 is 0. The summed E-state index contributed by atoms with van der Waals surface area (Å²) in [6, 6.07) is 3.08. The first kappa shape index (κ1) is 13.5. The molecule has 0 aliphatic carbocycles. The molecule has 1 aromatic rings. The minimum absolute atomic E-state index is 0.00634. The molecule has 2 rings (SSSR count). The summed E-state index contributed by atoms with van der Waals surface area (Å²) in [5.41, 5.74) is 0.812. The van der Waals surface area contributed by atoms with Gasteiger partial charge in [0.25, 0.3) is 5.78 Å². The highest BCUT2D eigenvalue weighted by Gasteiger charge is 2.54. The van der Waals surface area contributed by atoms with Crippen molar-refractivity contribution in [2.45, 2.75) is 27.2 Å². The third kappa shape index (κ3) is 2.59. The summed E-state index contributed by atoms with van der Waals surface area (Å²) in [7, 11) is -4.38. The van der Waals surface area contributed by atoms with Crippen LogP contribution >= 0.6 is 0 Å². The highest BCUT2D eigenvalue weighted by molar-refractivity contribution is 6.52. The third-order valence-electron chi connectivity index (χ3n) is 2.77. The second-order valence-electron chi connectivity index (χ2n) is 4.21. The van der Waals surface area contributed by atoms with Crippen molar-refractivity contribution in [1.82, 2.24) is 0 Å². The Morgan fingerprint density at radius 2 is 2.16 bits per heavy atom. The predicted molar refractivity (Wildman–Crippen MR) is 65.7 cm³/mol. The van der Waals surface area contributed by atoms with Gasteiger partial charge in [-0.1, -0.05) is 6.92 Å². The Morgan fingerprint density at radius 3 is 2.74 bits per heavy atom. The van der Waals surface area contributed by atoms with Gasteiger partial charge in [0.2, 0.25) is 0 Å². The Morgan fingerprint density at radius 1 is 1.47 bits per heavy atom. The van der Waals surface area contributed by atoms with Crippen LogP contribution in [0.15, 0.2) is 12.1 Å². The number of hydrogen-bond acceptors (Lipinski definition) is 3. The molecule has 0 saturated carbocycles. The lowest BCUT2D eigenvalue weighted by Crippen LogP contribution is -2.36. The van der Waals surface area contributed by atoms with Crippen molar-refractivity contribution in [3.05, 3.63) is 23.3 Å². The first-order valence-electron chi connectivity index (χ1n) is 5.90. The predicted octanol–water partition coefficient (Wildman–Crippen LogP) is 2.82. The molecule has 19 heavy (non-hydrogen) atoms. The Bertz CT molecular complexity index is 569. The van der Waals surface area contributed by atoms with Crippen LogP contribution in [0, 0.1) is 6.92 Å². The summed E-state index contributed by atoms with van der Waals surface area (Å²) < 4.78 is 40.8. The molecule has 0 radical (unpaired) electrons. The molecule has 0 unspecified atom stereocenters. The number of fused-ring (bicyclic) bond motifs is 1. The van der Waals surface area contributed by atoms with Crippen molar-refractivity contribution < 1.29 is 27.2 Å². The van der Waals surface area contributed by atoms with Crippen LogP contribution in [0.3, 0.4) is 0 Å². The lowest BCUT2D eigenvalue weighted by molar-refractivity contribution is -0.183. The minimum Gasteiger partial charge on any atom is -0.568 e. The molecule has 4 nitrogen and oxygen atoms in total. The fourth-order valence-corrected chi connectivity index (χ4v) is 1.97. The van der Waals surface area contributed by atoms with Crippen LogP contribution in [0.25, 0.3) is 0 Å². The summed E-state index contributed by atoms with van der Waals surface area (Å²) in [4.78, 5) is 10.9. The average Bonchev–Trinajstić information content (AvgIpc) is 2.31. The topological polar surface area (TPSA) is 46.8 Å². The molecule has 102 valence electrons. The van der Waals surface area contributed by atoms with Gasteiger partial charge >= 0.3 is 13.1 Å². The van der Waals surface area contributed by atoms with Gasteiger partial charge in [-0.05, 0) is 19.1 Å². The van der Waals surface area contributed by atoms with Gasteiger partial charge in [-0.25, -0.2) is 0 Å². The Labute approximate surface area is 109 Å². The molecule has 7 heteroatoms. The summed E-state index contributed by atoms with van der Waals surface area (Å²) in [6.07, 6.45) is 0.319. The van der Waals surface area contributed by atoms with Crippen LogP contribution in [0.2, 0.25) is 0 Å². The quantitative estimate of drug-likeness (QED) is 0.359. The monoisotopic (exact) mass is 270 g/mol. The number of rotatable bonds is 2. The molecule has 0 spiro atoms. The maximum absolute atomic E-state index is 13.4. The number of halogens is 2. The van der Waals surface area contributed by atoms with E-state index in [1.165, 1.54) is 13.0 Å². The molecular formula is C12H13BF2O4. The van der Waals surface area contributed by atoms with Crippen molar-refractivity contribution in [2.24, 2.45) is 0 Å². The molecule has 0 bridgehead atoms. The van der Waals surface area contributed by atoms with Crippen LogP contribution in [-0.4, -0.2) is 18.9 Å². The van der Waals surface area contributed by atoms with Gasteiger partial charge in [0, 0.05) is 12.5 Å². The highest BCUT2D eigenvalue weighted by atomic mass is 19.3. The maximum Gasteiger partial charge on any atom is 0.994 e. The van der Waals surface area contributed by atoms with E-state index in [4.69, 9.17) is 4.74 Å². The molecule has 1 aromatic carbocycles. The van der Waals surface area contributed by atoms with E-state index in [1.807, 2.05) is 0 Å². The van der Waals surface area contributed by atoms with Crippen molar-refractivity contribution in [3.63, 3.8) is 0 Å². The van der Waals surface area contributed by atoms with Crippen LogP contribution in [0.4, 0.5) is 8.63 Å². The van der Waals surface area contributed by atoms with E-state index in [9.17, 15) is 13.4 Å². The molecule has 0 saturated heterocycles. The fourth-order valence-electron chi connectivity index (χ4n) is 1.97. The number of hydrogen-bond donors (Lipinski definition) is 0. The molecule has 0 fully saturated rings. The smallest absolute Gasteiger partial charge is 0.568 e. The standard InChI is InChI=1S/C12H13BF2O4/c1-4-10-9-5-6-11(17-8(3)16)7(2)12(9)19-13(14,15)18-10/h5-6H,4H2,1-3H3. The lowest BCUT2D eigenvalue weighted by Gasteiger charge is -2.23. The first-order chi connectivity index (χ1) is 8.84. The molecule has 0 aromatic heterocycles. The van der Waals surface area contributed by atoms with Crippen LogP contribution in [0.1, 0.15) is 35.7 Å². The Hall–Kier alpha value is -1.92. The van der Waals surface area contributed by atoms with Crippen molar-refractivity contribution in [2.75, 3.05) is 0 Å². The summed E-state index contributed by atoms with van der Waals surface area (Å²) in [5.74, 6) is -0.141. The van der Waals surface area contributed by atoms with E-state index in [1.54, 1.807) is 19.9 Å². The maximum atomic E-state index is 13.4. The van der Waals surface area contributed by atoms with E-state index in [0.717, 1.165) is 0 Å². The third-order valence-corrected chi connectivity index (χ3v) is 2.77. The number of ether oxygens (including phenoxy) is 1. The van der Waals surface area contributed by atoms with Gasteiger partial charge in [0.15, 0.2) is 0 Å². The number of carbonyl (C=O) groups excluding carboxylic acids is 2. The second-order valence-corrected chi connectivity index (χ2v) is 4.21. The van der Waals surface area contributed by atoms with Gasteiger partial charge in [-0.15, -0.1) is 0 Å². The van der Waals surface area contributed by atoms with E-state index in [0.29, 0.717) is 17.5 Å². The van der Waals surface area contributed by atoms with E-state index >= 15 is 0 Å². The lowest BCUT2D eigenvalue weighted by atomic mass is 9.99. The molecule has 0 N–H and O–H groups in total. The number of carbonyl (C=O) groups is 1. The molecule has 0 amide bonds. The zero-order valence-electron chi connectivity index (χ0n) is 10.8. The van der Waals surface area contributed by atoms with Crippen molar-refractivity contribution >= 4 is 18.9 Å². The van der Waals surface area contributed by atoms with Gasteiger partial charge in [-0.3, -0.25) is 4.79 Å². The van der Waals surface area contributed by atoms with Crippen LogP contribution < -0.4 is 9.39 Å². The Balaban J connectivity index is 2.54. The van der Waals surface area contributed by atoms with Gasteiger partial charge in [0.1, 0.15) is 17.1 Å². The second kappa shape index (κ2) is 4.64. The van der Waals surface area contributed by atoms with Crippen LogP contribution in [0.5, 0.6) is 11.5 Å². The molecule has 0 atom stereocenters. The van der Waals surface area contributed by atoms with Crippen molar-refractivity contribution in [1.29, 1.82) is 0 Å². The highest BCUT2D eigenvalue weighted by Crippen LogP contribution is 2.37. The zero-order chi connectivity index (χ0) is 14.2. The van der Waals surface area contributed by atoms with Gasteiger partial charge in [-0.2, -0.15) is 0 Å². The zero-order valence-corrected chi connectivity index (χ0v) is 10.8. The first-order valence-corrected chi connectivity index (χ1v) is 5.90. The summed E-state index contributed by atoms with van der Waals surface area (Å²) in [6.45, 7) is 4.51.